The molecular formula is C22H28F3IN4O. The predicted molar refractivity (Wildman–Crippen MR) is 128 cm³/mol. The highest BCUT2D eigenvalue weighted by atomic mass is 127. The second kappa shape index (κ2) is 12.5. The molecule has 0 aromatic heterocycles. The van der Waals surface area contributed by atoms with Crippen molar-refractivity contribution in [2.75, 3.05) is 20.1 Å². The van der Waals surface area contributed by atoms with E-state index < -0.39 is 11.7 Å². The van der Waals surface area contributed by atoms with E-state index in [9.17, 15) is 18.0 Å². The summed E-state index contributed by atoms with van der Waals surface area (Å²) < 4.78 is 38.5. The maximum Gasteiger partial charge on any atom is 0.416 e. The van der Waals surface area contributed by atoms with Gasteiger partial charge in [0.1, 0.15) is 0 Å². The van der Waals surface area contributed by atoms with Crippen LogP contribution in [0.15, 0.2) is 53.5 Å². The number of hydrogen-bond donors (Lipinski definition) is 2. The summed E-state index contributed by atoms with van der Waals surface area (Å²) in [7, 11) is 1.59. The van der Waals surface area contributed by atoms with Gasteiger partial charge in [-0.3, -0.25) is 9.79 Å². The average molecular weight is 548 g/mol. The van der Waals surface area contributed by atoms with Gasteiger partial charge in [-0.2, -0.15) is 13.2 Å². The first-order valence-corrected chi connectivity index (χ1v) is 9.77. The van der Waals surface area contributed by atoms with E-state index in [1.807, 2.05) is 26.0 Å². The zero-order valence-corrected chi connectivity index (χ0v) is 20.1. The number of alkyl halides is 3. The number of carbonyl (C=O) groups is 1. The van der Waals surface area contributed by atoms with Crippen molar-refractivity contribution in [2.24, 2.45) is 4.99 Å². The minimum Gasteiger partial charge on any atom is -0.352 e. The Labute approximate surface area is 198 Å². The molecule has 9 heteroatoms. The third-order valence-corrected chi connectivity index (χ3v) is 4.65. The molecule has 0 atom stereocenters. The molecule has 0 unspecified atom stereocenters. The number of halogens is 4. The first kappa shape index (κ1) is 26.7. The van der Waals surface area contributed by atoms with Gasteiger partial charge in [0.2, 0.25) is 0 Å². The first-order valence-electron chi connectivity index (χ1n) is 9.77. The molecular weight excluding hydrogens is 520 g/mol. The van der Waals surface area contributed by atoms with Crippen molar-refractivity contribution in [1.29, 1.82) is 0 Å². The number of amides is 1. The number of benzene rings is 2. The van der Waals surface area contributed by atoms with E-state index in [0.717, 1.165) is 17.7 Å². The lowest BCUT2D eigenvalue weighted by molar-refractivity contribution is -0.137. The molecule has 1 amide bonds. The van der Waals surface area contributed by atoms with Crippen LogP contribution in [0.25, 0.3) is 0 Å². The molecule has 2 rings (SSSR count). The highest BCUT2D eigenvalue weighted by Gasteiger charge is 2.30. The number of rotatable bonds is 7. The lowest BCUT2D eigenvalue weighted by atomic mass is 10.1. The molecule has 0 radical (unpaired) electrons. The molecule has 2 aromatic carbocycles. The van der Waals surface area contributed by atoms with Gasteiger partial charge in [-0.05, 0) is 49.2 Å². The minimum absolute atomic E-state index is 0. The Hall–Kier alpha value is -2.30. The van der Waals surface area contributed by atoms with Crippen LogP contribution in [0.4, 0.5) is 13.2 Å². The molecule has 0 heterocycles. The SMILES string of the molecule is CCN(CC)C(=O)c1ccc(CNC(=NC)NCc2cccc(C(F)(F)F)c2)cc1.I. The molecule has 31 heavy (non-hydrogen) atoms. The van der Waals surface area contributed by atoms with Crippen LogP contribution in [0, 0.1) is 0 Å². The molecule has 0 aliphatic rings. The van der Waals surface area contributed by atoms with Gasteiger partial charge >= 0.3 is 6.18 Å². The maximum atomic E-state index is 12.8. The van der Waals surface area contributed by atoms with E-state index in [-0.39, 0.29) is 36.4 Å². The van der Waals surface area contributed by atoms with E-state index in [1.54, 1.807) is 30.1 Å². The largest absolute Gasteiger partial charge is 0.416 e. The van der Waals surface area contributed by atoms with Gasteiger partial charge < -0.3 is 15.5 Å². The Bertz CT molecular complexity index is 866. The Balaban J connectivity index is 0.00000480. The maximum absolute atomic E-state index is 12.8. The van der Waals surface area contributed by atoms with Gasteiger partial charge in [-0.25, -0.2) is 0 Å². The molecule has 0 aliphatic heterocycles. The van der Waals surface area contributed by atoms with E-state index >= 15 is 0 Å². The highest BCUT2D eigenvalue weighted by Crippen LogP contribution is 2.29. The summed E-state index contributed by atoms with van der Waals surface area (Å²) in [5, 5.41) is 6.12. The van der Waals surface area contributed by atoms with Gasteiger partial charge in [0.15, 0.2) is 5.96 Å². The monoisotopic (exact) mass is 548 g/mol. The van der Waals surface area contributed by atoms with E-state index in [2.05, 4.69) is 15.6 Å². The molecule has 2 aromatic rings. The van der Waals surface area contributed by atoms with Crippen molar-refractivity contribution in [1.82, 2.24) is 15.5 Å². The van der Waals surface area contributed by atoms with Crippen LogP contribution in [0.1, 0.15) is 40.9 Å². The summed E-state index contributed by atoms with van der Waals surface area (Å²) in [5.74, 6) is 0.466. The fraction of sp³-hybridized carbons (Fsp3) is 0.364. The van der Waals surface area contributed by atoms with Crippen LogP contribution >= 0.6 is 24.0 Å². The number of nitrogens with one attached hydrogen (secondary N) is 2. The second-order valence-electron chi connectivity index (χ2n) is 6.65. The number of nitrogens with zero attached hydrogens (tertiary/aromatic N) is 2. The van der Waals surface area contributed by atoms with E-state index in [0.29, 0.717) is 36.7 Å². The van der Waals surface area contributed by atoms with Crippen molar-refractivity contribution in [3.05, 3.63) is 70.8 Å². The first-order chi connectivity index (χ1) is 14.3. The molecule has 2 N–H and O–H groups in total. The standard InChI is InChI=1S/C22H27F3N4O.HI/c1-4-29(5-2)20(30)18-11-9-16(10-12-18)14-27-21(26-3)28-15-17-7-6-8-19(13-17)22(23,24)25;/h6-13H,4-5,14-15H2,1-3H3,(H2,26,27,28);1H. The quantitative estimate of drug-likeness (QED) is 0.301. The minimum atomic E-state index is -4.37. The van der Waals surface area contributed by atoms with Crippen molar-refractivity contribution in [2.45, 2.75) is 33.1 Å². The van der Waals surface area contributed by atoms with Gasteiger partial charge in [0.25, 0.3) is 5.91 Å². The normalized spacial score (nSPS) is 11.5. The summed E-state index contributed by atoms with van der Waals surface area (Å²) >= 11 is 0. The summed E-state index contributed by atoms with van der Waals surface area (Å²) in [6.45, 7) is 5.87. The topological polar surface area (TPSA) is 56.7 Å². The fourth-order valence-corrected chi connectivity index (χ4v) is 2.91. The van der Waals surface area contributed by atoms with Crippen LogP contribution in [-0.2, 0) is 19.3 Å². The average Bonchev–Trinajstić information content (AvgIpc) is 2.74. The van der Waals surface area contributed by atoms with Gasteiger partial charge in [-0.1, -0.05) is 24.3 Å². The zero-order chi connectivity index (χ0) is 22.1. The molecule has 5 nitrogen and oxygen atoms in total. The number of aliphatic imine (C=N–C) groups is 1. The van der Waals surface area contributed by atoms with Crippen LogP contribution < -0.4 is 10.6 Å². The van der Waals surface area contributed by atoms with E-state index in [4.69, 9.17) is 0 Å². The summed E-state index contributed by atoms with van der Waals surface area (Å²) in [4.78, 5) is 18.2. The Morgan fingerprint density at radius 3 is 2.06 bits per heavy atom. The second-order valence-corrected chi connectivity index (χ2v) is 6.65. The third kappa shape index (κ3) is 8.04. The molecule has 0 saturated heterocycles. The predicted octanol–water partition coefficient (Wildman–Crippen LogP) is 4.67. The smallest absolute Gasteiger partial charge is 0.352 e. The van der Waals surface area contributed by atoms with E-state index in [1.165, 1.54) is 6.07 Å². The van der Waals surface area contributed by atoms with Crippen LogP contribution in [0.3, 0.4) is 0 Å². The zero-order valence-electron chi connectivity index (χ0n) is 17.8. The summed E-state index contributed by atoms with van der Waals surface area (Å²) in [6, 6.07) is 12.5. The van der Waals surface area contributed by atoms with Crippen molar-refractivity contribution < 1.29 is 18.0 Å². The van der Waals surface area contributed by atoms with Gasteiger partial charge in [0.05, 0.1) is 5.56 Å². The van der Waals surface area contributed by atoms with Gasteiger partial charge in [-0.15, -0.1) is 24.0 Å². The van der Waals surface area contributed by atoms with Crippen molar-refractivity contribution in [3.63, 3.8) is 0 Å². The molecule has 0 aliphatic carbocycles. The molecule has 0 fully saturated rings. The Morgan fingerprint density at radius 2 is 1.55 bits per heavy atom. The molecule has 0 bridgehead atoms. The van der Waals surface area contributed by atoms with Crippen LogP contribution in [0.2, 0.25) is 0 Å². The van der Waals surface area contributed by atoms with Crippen LogP contribution in [0.5, 0.6) is 0 Å². The van der Waals surface area contributed by atoms with Crippen LogP contribution in [-0.4, -0.2) is 36.9 Å². The molecule has 0 saturated carbocycles. The number of carbonyl (C=O) groups excluding carboxylic acids is 1. The molecule has 0 spiro atoms. The lowest BCUT2D eigenvalue weighted by Gasteiger charge is -2.18. The lowest BCUT2D eigenvalue weighted by Crippen LogP contribution is -2.36. The number of guanidine groups is 1. The fourth-order valence-electron chi connectivity index (χ4n) is 2.91. The molecule has 170 valence electrons. The van der Waals surface area contributed by atoms with Crippen molar-refractivity contribution in [3.8, 4) is 0 Å². The summed E-state index contributed by atoms with van der Waals surface area (Å²) in [5.41, 5.74) is 1.42. The third-order valence-electron chi connectivity index (χ3n) is 4.65. The Kier molecular flexibility index (Phi) is 10.8. The van der Waals surface area contributed by atoms with Gasteiger partial charge in [0, 0.05) is 38.8 Å². The van der Waals surface area contributed by atoms with Crippen molar-refractivity contribution >= 4 is 35.8 Å². The highest BCUT2D eigenvalue weighted by molar-refractivity contribution is 14.0. The summed E-state index contributed by atoms with van der Waals surface area (Å²) in [6.07, 6.45) is -4.37. The Morgan fingerprint density at radius 1 is 0.968 bits per heavy atom. The number of hydrogen-bond acceptors (Lipinski definition) is 2.